The molecule has 1 heterocycles. The van der Waals surface area contributed by atoms with Gasteiger partial charge in [0.25, 0.3) is 11.8 Å². The Morgan fingerprint density at radius 2 is 1.62 bits per heavy atom. The lowest BCUT2D eigenvalue weighted by Gasteiger charge is -2.34. The van der Waals surface area contributed by atoms with E-state index in [-0.39, 0.29) is 17.9 Å². The fourth-order valence-corrected chi connectivity index (χ4v) is 4.01. The highest BCUT2D eigenvalue weighted by molar-refractivity contribution is 6.33. The summed E-state index contributed by atoms with van der Waals surface area (Å²) in [7, 11) is 3.61. The molecule has 2 aromatic rings. The Bertz CT molecular complexity index is 836. The van der Waals surface area contributed by atoms with Gasteiger partial charge in [-0.15, -0.1) is 0 Å². The second-order valence-electron chi connectivity index (χ2n) is 7.69. The third-order valence-corrected chi connectivity index (χ3v) is 5.72. The van der Waals surface area contributed by atoms with Gasteiger partial charge < -0.3 is 20.0 Å². The molecule has 0 aromatic heterocycles. The molecular weight excluding hydrogens is 388 g/mol. The van der Waals surface area contributed by atoms with E-state index in [0.29, 0.717) is 17.3 Å². The summed E-state index contributed by atoms with van der Waals surface area (Å²) in [5, 5.41) is 3.43. The average molecular weight is 417 g/mol. The van der Waals surface area contributed by atoms with Crippen molar-refractivity contribution in [1.82, 2.24) is 4.90 Å². The van der Waals surface area contributed by atoms with E-state index in [0.717, 1.165) is 31.7 Å². The summed E-state index contributed by atoms with van der Waals surface area (Å²) < 4.78 is 0. The lowest BCUT2D eigenvalue weighted by molar-refractivity contribution is -1.02. The third kappa shape index (κ3) is 5.56. The maximum atomic E-state index is 12.9. The smallest absolute Gasteiger partial charge is 0.285 e. The number of benzene rings is 2. The van der Waals surface area contributed by atoms with Crippen LogP contribution in [0, 0.1) is 0 Å². The molecular formula is C22H29ClN4O2+2. The topological polar surface area (TPSA) is 58.3 Å². The van der Waals surface area contributed by atoms with Gasteiger partial charge in [-0.3, -0.25) is 9.59 Å². The molecule has 0 unspecified atom stereocenters. The van der Waals surface area contributed by atoms with Crippen molar-refractivity contribution in [1.29, 1.82) is 0 Å². The summed E-state index contributed by atoms with van der Waals surface area (Å²) in [6.07, 6.45) is 0. The standard InChI is InChI=1S/C22H27ClN4O2/c1-25(2)22(29)21(17-8-4-3-5-9-17)27-14-12-26(13-15-27)16-20(28)24-19-11-7-6-10-18(19)23/h3-11,21H,12-16H2,1-2H3,(H,24,28)/p+2/t21-/m1/s1. The molecule has 1 fully saturated rings. The van der Waals surface area contributed by atoms with Crippen LogP contribution < -0.4 is 15.1 Å². The first-order chi connectivity index (χ1) is 14.0. The van der Waals surface area contributed by atoms with Crippen molar-refractivity contribution in [3.63, 3.8) is 0 Å². The van der Waals surface area contributed by atoms with E-state index in [1.807, 2.05) is 42.5 Å². The number of carbonyl (C=O) groups excluding carboxylic acids is 2. The van der Waals surface area contributed by atoms with Gasteiger partial charge in [0.2, 0.25) is 0 Å². The number of likely N-dealkylation sites (N-methyl/N-ethyl adjacent to an activating group) is 1. The Hall–Kier alpha value is -2.41. The van der Waals surface area contributed by atoms with E-state index >= 15 is 0 Å². The summed E-state index contributed by atoms with van der Waals surface area (Å²) in [4.78, 5) is 29.4. The van der Waals surface area contributed by atoms with Crippen LogP contribution >= 0.6 is 11.6 Å². The number of quaternary nitrogens is 2. The maximum absolute atomic E-state index is 12.9. The van der Waals surface area contributed by atoms with Crippen LogP contribution in [-0.4, -0.2) is 63.5 Å². The Kier molecular flexibility index (Phi) is 7.25. The molecule has 0 radical (unpaired) electrons. The minimum Gasteiger partial charge on any atom is -0.343 e. The number of rotatable bonds is 6. The Morgan fingerprint density at radius 3 is 2.24 bits per heavy atom. The lowest BCUT2D eigenvalue weighted by atomic mass is 10.0. The molecule has 1 aliphatic rings. The normalized spacial score (nSPS) is 20.0. The number of carbonyl (C=O) groups is 2. The number of hydrogen-bond donors (Lipinski definition) is 3. The number of para-hydroxylation sites is 1. The molecule has 3 rings (SSSR count). The van der Waals surface area contributed by atoms with Gasteiger partial charge in [0.1, 0.15) is 26.2 Å². The number of hydrogen-bond acceptors (Lipinski definition) is 2. The minimum atomic E-state index is -0.204. The van der Waals surface area contributed by atoms with Crippen molar-refractivity contribution in [2.45, 2.75) is 6.04 Å². The maximum Gasteiger partial charge on any atom is 0.285 e. The summed E-state index contributed by atoms with van der Waals surface area (Å²) in [5.41, 5.74) is 1.68. The molecule has 0 saturated carbocycles. The van der Waals surface area contributed by atoms with Crippen molar-refractivity contribution in [3.05, 3.63) is 65.2 Å². The van der Waals surface area contributed by atoms with Gasteiger partial charge in [0.15, 0.2) is 12.6 Å². The zero-order chi connectivity index (χ0) is 20.8. The molecule has 154 valence electrons. The molecule has 1 atom stereocenters. The van der Waals surface area contributed by atoms with Crippen LogP contribution in [0.5, 0.6) is 0 Å². The number of piperazine rings is 1. The SMILES string of the molecule is CN(C)C(=O)[C@@H](c1ccccc1)[NH+]1CC[NH+](CC(=O)Nc2ccccc2Cl)CC1. The zero-order valence-electron chi connectivity index (χ0n) is 17.0. The number of amides is 2. The second kappa shape index (κ2) is 9.87. The molecule has 0 bridgehead atoms. The van der Waals surface area contributed by atoms with E-state index in [1.54, 1.807) is 31.1 Å². The number of nitrogens with zero attached hydrogens (tertiary/aromatic N) is 1. The first-order valence-corrected chi connectivity index (χ1v) is 10.3. The van der Waals surface area contributed by atoms with Crippen LogP contribution in [0.25, 0.3) is 0 Å². The van der Waals surface area contributed by atoms with E-state index in [4.69, 9.17) is 11.6 Å². The lowest BCUT2D eigenvalue weighted by Crippen LogP contribution is -3.28. The molecule has 0 aliphatic carbocycles. The van der Waals surface area contributed by atoms with Crippen molar-refractivity contribution >= 4 is 29.1 Å². The van der Waals surface area contributed by atoms with E-state index < -0.39 is 0 Å². The first kappa shape index (κ1) is 21.3. The summed E-state index contributed by atoms with van der Waals surface area (Å²) in [5.74, 6) is 0.0756. The van der Waals surface area contributed by atoms with E-state index in [2.05, 4.69) is 5.32 Å². The van der Waals surface area contributed by atoms with Crippen molar-refractivity contribution < 1.29 is 19.4 Å². The molecule has 3 N–H and O–H groups in total. The van der Waals surface area contributed by atoms with E-state index in [1.165, 1.54) is 9.80 Å². The Balaban J connectivity index is 1.59. The predicted octanol–water partition coefficient (Wildman–Crippen LogP) is -0.109. The van der Waals surface area contributed by atoms with Gasteiger partial charge in [0, 0.05) is 19.7 Å². The Labute approximate surface area is 177 Å². The largest absolute Gasteiger partial charge is 0.343 e. The molecule has 0 spiro atoms. The molecule has 2 amide bonds. The quantitative estimate of drug-likeness (QED) is 0.615. The molecule has 2 aromatic carbocycles. The van der Waals surface area contributed by atoms with Gasteiger partial charge in [-0.1, -0.05) is 54.1 Å². The van der Waals surface area contributed by atoms with Gasteiger partial charge in [-0.25, -0.2) is 0 Å². The fourth-order valence-electron chi connectivity index (χ4n) is 3.83. The molecule has 1 aliphatic heterocycles. The summed E-state index contributed by atoms with van der Waals surface area (Å²) in [6, 6.07) is 17.0. The number of nitrogens with one attached hydrogen (secondary N) is 3. The number of anilines is 1. The first-order valence-electron chi connectivity index (χ1n) is 9.94. The predicted molar refractivity (Wildman–Crippen MR) is 114 cm³/mol. The summed E-state index contributed by atoms with van der Waals surface area (Å²) in [6.45, 7) is 3.77. The average Bonchev–Trinajstić information content (AvgIpc) is 2.72. The van der Waals surface area contributed by atoms with Crippen LogP contribution in [0.4, 0.5) is 5.69 Å². The van der Waals surface area contributed by atoms with Gasteiger partial charge in [0.05, 0.1) is 10.7 Å². The number of halogens is 1. The van der Waals surface area contributed by atoms with Crippen LogP contribution in [0.1, 0.15) is 11.6 Å². The van der Waals surface area contributed by atoms with Crippen molar-refractivity contribution in [2.75, 3.05) is 52.1 Å². The second-order valence-corrected chi connectivity index (χ2v) is 8.10. The molecule has 6 nitrogen and oxygen atoms in total. The highest BCUT2D eigenvalue weighted by Gasteiger charge is 2.36. The van der Waals surface area contributed by atoms with Gasteiger partial charge >= 0.3 is 0 Å². The van der Waals surface area contributed by atoms with Crippen LogP contribution in [0.15, 0.2) is 54.6 Å². The summed E-state index contributed by atoms with van der Waals surface area (Å²) >= 11 is 6.12. The molecule has 29 heavy (non-hydrogen) atoms. The Morgan fingerprint density at radius 1 is 1.00 bits per heavy atom. The van der Waals surface area contributed by atoms with Crippen molar-refractivity contribution in [3.8, 4) is 0 Å². The van der Waals surface area contributed by atoms with Crippen LogP contribution in [0.3, 0.4) is 0 Å². The highest BCUT2D eigenvalue weighted by Crippen LogP contribution is 2.19. The third-order valence-electron chi connectivity index (χ3n) is 5.39. The van der Waals surface area contributed by atoms with Crippen molar-refractivity contribution in [2.24, 2.45) is 0 Å². The monoisotopic (exact) mass is 416 g/mol. The van der Waals surface area contributed by atoms with Gasteiger partial charge in [-0.2, -0.15) is 0 Å². The van der Waals surface area contributed by atoms with Gasteiger partial charge in [-0.05, 0) is 12.1 Å². The fraction of sp³-hybridized carbons (Fsp3) is 0.364. The highest BCUT2D eigenvalue weighted by atomic mass is 35.5. The molecule has 1 saturated heterocycles. The van der Waals surface area contributed by atoms with Crippen LogP contribution in [-0.2, 0) is 9.59 Å². The van der Waals surface area contributed by atoms with Crippen LogP contribution in [0.2, 0.25) is 5.02 Å². The zero-order valence-corrected chi connectivity index (χ0v) is 17.7. The van der Waals surface area contributed by atoms with E-state index in [9.17, 15) is 9.59 Å². The molecule has 7 heteroatoms. The minimum absolute atomic E-state index is 0.0412.